The van der Waals surface area contributed by atoms with Gasteiger partial charge in [0.05, 0.1) is 12.7 Å². The van der Waals surface area contributed by atoms with Gasteiger partial charge in [0.1, 0.15) is 5.76 Å². The van der Waals surface area contributed by atoms with E-state index < -0.39 is 0 Å². The van der Waals surface area contributed by atoms with Crippen molar-refractivity contribution in [2.24, 2.45) is 5.92 Å². The van der Waals surface area contributed by atoms with Crippen molar-refractivity contribution >= 4 is 0 Å². The molecule has 114 valence electrons. The molecule has 5 heteroatoms. The minimum absolute atomic E-state index is 0.408. The van der Waals surface area contributed by atoms with Crippen LogP contribution in [0, 0.1) is 5.92 Å². The van der Waals surface area contributed by atoms with Crippen molar-refractivity contribution in [1.29, 1.82) is 0 Å². The Labute approximate surface area is 126 Å². The van der Waals surface area contributed by atoms with E-state index in [9.17, 15) is 0 Å². The largest absolute Gasteiger partial charge is 0.444 e. The summed E-state index contributed by atoms with van der Waals surface area (Å²) in [5, 5.41) is 4.29. The van der Waals surface area contributed by atoms with Crippen LogP contribution >= 0.6 is 0 Å². The van der Waals surface area contributed by atoms with Gasteiger partial charge in [-0.05, 0) is 37.9 Å². The number of oxazole rings is 1. The standard InChI is InChI=1S/C16H24N4O/c1-13(2)15-10-17-16(21-15)12-19-8-4-14(5-9-19)11-20-7-3-6-18-20/h3,6-7,10,13-14H,4-5,8-9,11-12H2,1-2H3. The van der Waals surface area contributed by atoms with Gasteiger partial charge < -0.3 is 4.42 Å². The first-order valence-electron chi connectivity index (χ1n) is 7.85. The molecule has 0 amide bonds. The Morgan fingerprint density at radius 1 is 1.33 bits per heavy atom. The van der Waals surface area contributed by atoms with E-state index in [1.807, 2.05) is 29.3 Å². The molecule has 2 aromatic heterocycles. The first-order valence-corrected chi connectivity index (χ1v) is 7.85. The van der Waals surface area contributed by atoms with Crippen LogP contribution in [0.25, 0.3) is 0 Å². The molecule has 0 atom stereocenters. The zero-order chi connectivity index (χ0) is 14.7. The highest BCUT2D eigenvalue weighted by molar-refractivity contribution is 4.99. The molecule has 1 aliphatic heterocycles. The van der Waals surface area contributed by atoms with Crippen LogP contribution in [-0.2, 0) is 13.1 Å². The van der Waals surface area contributed by atoms with Gasteiger partial charge in [-0.25, -0.2) is 4.98 Å². The lowest BCUT2D eigenvalue weighted by molar-refractivity contribution is 0.152. The lowest BCUT2D eigenvalue weighted by atomic mass is 9.97. The molecule has 0 radical (unpaired) electrons. The Morgan fingerprint density at radius 2 is 2.14 bits per heavy atom. The summed E-state index contributed by atoms with van der Waals surface area (Å²) in [4.78, 5) is 6.83. The molecule has 1 saturated heterocycles. The van der Waals surface area contributed by atoms with Gasteiger partial charge in [-0.15, -0.1) is 0 Å². The average Bonchev–Trinajstić information content (AvgIpc) is 3.12. The van der Waals surface area contributed by atoms with Crippen molar-refractivity contribution in [3.63, 3.8) is 0 Å². The molecule has 1 fully saturated rings. The molecular formula is C16H24N4O. The van der Waals surface area contributed by atoms with Crippen LogP contribution in [0.15, 0.2) is 29.1 Å². The van der Waals surface area contributed by atoms with Gasteiger partial charge in [0.2, 0.25) is 5.89 Å². The van der Waals surface area contributed by atoms with Gasteiger partial charge in [0.25, 0.3) is 0 Å². The van der Waals surface area contributed by atoms with E-state index in [-0.39, 0.29) is 0 Å². The summed E-state index contributed by atoms with van der Waals surface area (Å²) < 4.78 is 7.84. The van der Waals surface area contributed by atoms with Crippen molar-refractivity contribution in [3.8, 4) is 0 Å². The topological polar surface area (TPSA) is 47.1 Å². The Kier molecular flexibility index (Phi) is 4.39. The summed E-state index contributed by atoms with van der Waals surface area (Å²) in [6, 6.07) is 1.99. The molecule has 0 unspecified atom stereocenters. The number of piperidine rings is 1. The van der Waals surface area contributed by atoms with Crippen molar-refractivity contribution in [1.82, 2.24) is 19.7 Å². The zero-order valence-electron chi connectivity index (χ0n) is 12.9. The van der Waals surface area contributed by atoms with Crippen LogP contribution in [-0.4, -0.2) is 32.8 Å². The number of nitrogens with zero attached hydrogens (tertiary/aromatic N) is 4. The molecule has 2 aromatic rings. The monoisotopic (exact) mass is 288 g/mol. The summed E-state index contributed by atoms with van der Waals surface area (Å²) in [5.41, 5.74) is 0. The smallest absolute Gasteiger partial charge is 0.208 e. The van der Waals surface area contributed by atoms with E-state index in [0.29, 0.717) is 5.92 Å². The third-order valence-corrected chi connectivity index (χ3v) is 4.21. The summed E-state index contributed by atoms with van der Waals surface area (Å²) in [5.74, 6) is 2.98. The number of rotatable bonds is 5. The second-order valence-corrected chi connectivity index (χ2v) is 6.26. The SMILES string of the molecule is CC(C)c1cnc(CN2CCC(Cn3cccn3)CC2)o1. The van der Waals surface area contributed by atoms with E-state index in [0.717, 1.165) is 43.7 Å². The molecule has 3 rings (SSSR count). The fourth-order valence-electron chi connectivity index (χ4n) is 2.86. The number of hydrogen-bond acceptors (Lipinski definition) is 4. The molecular weight excluding hydrogens is 264 g/mol. The highest BCUT2D eigenvalue weighted by Gasteiger charge is 2.21. The van der Waals surface area contributed by atoms with Gasteiger partial charge >= 0.3 is 0 Å². The van der Waals surface area contributed by atoms with Crippen LogP contribution in [0.1, 0.15) is 44.3 Å². The minimum Gasteiger partial charge on any atom is -0.444 e. The van der Waals surface area contributed by atoms with E-state index in [2.05, 4.69) is 28.8 Å². The summed E-state index contributed by atoms with van der Waals surface area (Å²) in [6.07, 6.45) is 8.20. The van der Waals surface area contributed by atoms with Gasteiger partial charge in [0, 0.05) is 24.9 Å². The van der Waals surface area contributed by atoms with E-state index in [1.165, 1.54) is 12.8 Å². The number of likely N-dealkylation sites (tertiary alicyclic amines) is 1. The molecule has 0 aromatic carbocycles. The molecule has 3 heterocycles. The summed E-state index contributed by atoms with van der Waals surface area (Å²) in [7, 11) is 0. The maximum absolute atomic E-state index is 5.79. The quantitative estimate of drug-likeness (QED) is 0.848. The predicted molar refractivity (Wildman–Crippen MR) is 80.8 cm³/mol. The fraction of sp³-hybridized carbons (Fsp3) is 0.625. The second-order valence-electron chi connectivity index (χ2n) is 6.26. The van der Waals surface area contributed by atoms with Crippen LogP contribution in [0.2, 0.25) is 0 Å². The second kappa shape index (κ2) is 6.43. The third-order valence-electron chi connectivity index (χ3n) is 4.21. The Bertz CT molecular complexity index is 538. The van der Waals surface area contributed by atoms with E-state index in [1.54, 1.807) is 0 Å². The summed E-state index contributed by atoms with van der Waals surface area (Å²) >= 11 is 0. The normalized spacial score (nSPS) is 17.7. The first kappa shape index (κ1) is 14.3. The lowest BCUT2D eigenvalue weighted by Gasteiger charge is -2.30. The number of aromatic nitrogens is 3. The summed E-state index contributed by atoms with van der Waals surface area (Å²) in [6.45, 7) is 8.37. The van der Waals surface area contributed by atoms with Crippen molar-refractivity contribution in [2.45, 2.75) is 45.7 Å². The van der Waals surface area contributed by atoms with Gasteiger partial charge in [0.15, 0.2) is 0 Å². The predicted octanol–water partition coefficient (Wildman–Crippen LogP) is 2.91. The van der Waals surface area contributed by atoms with Crippen LogP contribution in [0.3, 0.4) is 0 Å². The molecule has 0 spiro atoms. The molecule has 0 bridgehead atoms. The molecule has 1 aliphatic rings. The average molecular weight is 288 g/mol. The van der Waals surface area contributed by atoms with Crippen LogP contribution in [0.5, 0.6) is 0 Å². The van der Waals surface area contributed by atoms with Crippen molar-refractivity contribution < 1.29 is 4.42 Å². The van der Waals surface area contributed by atoms with Crippen LogP contribution < -0.4 is 0 Å². The highest BCUT2D eigenvalue weighted by Crippen LogP contribution is 2.21. The first-order chi connectivity index (χ1) is 10.2. The Balaban J connectivity index is 1.47. The molecule has 5 nitrogen and oxygen atoms in total. The number of hydrogen-bond donors (Lipinski definition) is 0. The maximum atomic E-state index is 5.79. The lowest BCUT2D eigenvalue weighted by Crippen LogP contribution is -2.34. The zero-order valence-corrected chi connectivity index (χ0v) is 12.9. The van der Waals surface area contributed by atoms with Crippen LogP contribution in [0.4, 0.5) is 0 Å². The van der Waals surface area contributed by atoms with Gasteiger partial charge in [-0.1, -0.05) is 13.8 Å². The Hall–Kier alpha value is -1.62. The highest BCUT2D eigenvalue weighted by atomic mass is 16.4. The molecule has 0 aliphatic carbocycles. The fourth-order valence-corrected chi connectivity index (χ4v) is 2.86. The molecule has 21 heavy (non-hydrogen) atoms. The van der Waals surface area contributed by atoms with Gasteiger partial charge in [-0.3, -0.25) is 9.58 Å². The maximum Gasteiger partial charge on any atom is 0.208 e. The van der Waals surface area contributed by atoms with Crippen molar-refractivity contribution in [2.75, 3.05) is 13.1 Å². The third kappa shape index (κ3) is 3.73. The van der Waals surface area contributed by atoms with E-state index in [4.69, 9.17) is 4.42 Å². The molecule has 0 saturated carbocycles. The molecule has 0 N–H and O–H groups in total. The van der Waals surface area contributed by atoms with Crippen molar-refractivity contribution in [3.05, 3.63) is 36.3 Å². The Morgan fingerprint density at radius 3 is 2.76 bits per heavy atom. The van der Waals surface area contributed by atoms with E-state index >= 15 is 0 Å². The minimum atomic E-state index is 0.408. The van der Waals surface area contributed by atoms with Gasteiger partial charge in [-0.2, -0.15) is 5.10 Å².